The fourth-order valence-electron chi connectivity index (χ4n) is 2.01. The number of hydrogen-bond acceptors (Lipinski definition) is 2. The second-order valence-electron chi connectivity index (χ2n) is 3.76. The lowest BCUT2D eigenvalue weighted by atomic mass is 10.2. The van der Waals surface area contributed by atoms with Crippen LogP contribution in [0.1, 0.15) is 13.0 Å². The van der Waals surface area contributed by atoms with Crippen LogP contribution in [0.5, 0.6) is 5.75 Å². The quantitative estimate of drug-likeness (QED) is 0.743. The van der Waals surface area contributed by atoms with Crippen molar-refractivity contribution < 1.29 is 4.74 Å². The molecule has 1 atom stereocenters. The van der Waals surface area contributed by atoms with Crippen LogP contribution >= 0.6 is 11.6 Å². The number of benzene rings is 1. The van der Waals surface area contributed by atoms with Crippen LogP contribution in [-0.2, 0) is 0 Å². The predicted molar refractivity (Wildman–Crippen MR) is 57.8 cm³/mol. The molecular weight excluding hydrogens is 216 g/mol. The van der Waals surface area contributed by atoms with Gasteiger partial charge in [-0.25, -0.2) is 4.79 Å². The summed E-state index contributed by atoms with van der Waals surface area (Å²) < 4.78 is 7.25. The summed E-state index contributed by atoms with van der Waals surface area (Å²) in [5.41, 5.74) is 1.43. The molecule has 1 N–H and O–H groups in total. The molecule has 3 rings (SSSR count). The van der Waals surface area contributed by atoms with Gasteiger partial charge in [-0.05, 0) is 13.0 Å². The highest BCUT2D eigenvalue weighted by atomic mass is 35.5. The van der Waals surface area contributed by atoms with E-state index in [4.69, 9.17) is 16.3 Å². The number of aromatic nitrogens is 2. The molecule has 4 nitrogen and oxygen atoms in total. The van der Waals surface area contributed by atoms with Crippen LogP contribution in [-0.4, -0.2) is 16.2 Å². The smallest absolute Gasteiger partial charge is 0.326 e. The van der Waals surface area contributed by atoms with Crippen molar-refractivity contribution in [3.05, 3.63) is 27.6 Å². The number of imidazole rings is 1. The maximum absolute atomic E-state index is 11.7. The Kier molecular flexibility index (Phi) is 1.65. The lowest BCUT2D eigenvalue weighted by Crippen LogP contribution is -2.27. The molecule has 1 aromatic heterocycles. The minimum absolute atomic E-state index is 0.0555. The van der Waals surface area contributed by atoms with E-state index in [2.05, 4.69) is 4.98 Å². The molecule has 0 unspecified atom stereocenters. The summed E-state index contributed by atoms with van der Waals surface area (Å²) in [4.78, 5) is 14.5. The Morgan fingerprint density at radius 2 is 2.40 bits per heavy atom. The van der Waals surface area contributed by atoms with Crippen molar-refractivity contribution in [1.29, 1.82) is 0 Å². The summed E-state index contributed by atoms with van der Waals surface area (Å²) in [5.74, 6) is 0.675. The third-order valence-electron chi connectivity index (χ3n) is 2.66. The number of nitrogens with one attached hydrogen (secondary N) is 1. The fraction of sp³-hybridized carbons (Fsp3) is 0.300. The van der Waals surface area contributed by atoms with Crippen molar-refractivity contribution in [2.75, 3.05) is 6.61 Å². The van der Waals surface area contributed by atoms with E-state index in [1.165, 1.54) is 0 Å². The average molecular weight is 225 g/mol. The zero-order chi connectivity index (χ0) is 10.6. The minimum Gasteiger partial charge on any atom is -0.489 e. The van der Waals surface area contributed by atoms with E-state index < -0.39 is 0 Å². The van der Waals surface area contributed by atoms with Gasteiger partial charge in [0.2, 0.25) is 0 Å². The lowest BCUT2D eigenvalue weighted by molar-refractivity contribution is 0.245. The molecule has 78 valence electrons. The second kappa shape index (κ2) is 2.79. The first-order valence-electron chi connectivity index (χ1n) is 4.73. The highest BCUT2D eigenvalue weighted by molar-refractivity contribution is 6.31. The molecule has 0 saturated heterocycles. The molecule has 0 bridgehead atoms. The zero-order valence-corrected chi connectivity index (χ0v) is 8.84. The van der Waals surface area contributed by atoms with Crippen molar-refractivity contribution in [2.24, 2.45) is 0 Å². The Hall–Kier alpha value is -1.42. The molecule has 0 aliphatic carbocycles. The predicted octanol–water partition coefficient (Wildman–Crippen LogP) is 1.94. The van der Waals surface area contributed by atoms with Crippen LogP contribution in [0.3, 0.4) is 0 Å². The van der Waals surface area contributed by atoms with Gasteiger partial charge in [0.05, 0.1) is 11.6 Å². The van der Waals surface area contributed by atoms with Crippen LogP contribution in [0, 0.1) is 0 Å². The first-order chi connectivity index (χ1) is 7.16. The average Bonchev–Trinajstić information content (AvgIpc) is 2.49. The van der Waals surface area contributed by atoms with E-state index in [0.29, 0.717) is 17.4 Å². The topological polar surface area (TPSA) is 47.0 Å². The Balaban J connectivity index is 2.52. The first kappa shape index (κ1) is 8.85. The van der Waals surface area contributed by atoms with Gasteiger partial charge >= 0.3 is 5.69 Å². The molecule has 5 heteroatoms. The molecule has 1 aliphatic heterocycles. The van der Waals surface area contributed by atoms with Crippen LogP contribution in [0.25, 0.3) is 11.0 Å². The van der Waals surface area contributed by atoms with Crippen LogP contribution in [0.4, 0.5) is 0 Å². The SMILES string of the molecule is C[C@H]1COc2cc(Cl)cc3[nH]c(=O)n1c23. The Morgan fingerprint density at radius 1 is 1.60 bits per heavy atom. The van der Waals surface area contributed by atoms with Gasteiger partial charge in [0.15, 0.2) is 0 Å². The molecule has 1 aromatic carbocycles. The second-order valence-corrected chi connectivity index (χ2v) is 4.20. The molecule has 2 heterocycles. The third-order valence-corrected chi connectivity index (χ3v) is 2.88. The van der Waals surface area contributed by atoms with Gasteiger partial charge in [-0.2, -0.15) is 0 Å². The van der Waals surface area contributed by atoms with E-state index in [0.717, 1.165) is 11.0 Å². The minimum atomic E-state index is -0.107. The summed E-state index contributed by atoms with van der Waals surface area (Å²) in [6.45, 7) is 2.45. The Bertz CT molecular complexity index is 599. The number of ether oxygens (including phenoxy) is 1. The monoisotopic (exact) mass is 224 g/mol. The number of H-pyrrole nitrogens is 1. The van der Waals surface area contributed by atoms with Crippen LogP contribution in [0.15, 0.2) is 16.9 Å². The number of aromatic amines is 1. The summed E-state index contributed by atoms with van der Waals surface area (Å²) in [6, 6.07) is 3.53. The Morgan fingerprint density at radius 3 is 3.20 bits per heavy atom. The molecule has 2 aromatic rings. The van der Waals surface area contributed by atoms with E-state index in [9.17, 15) is 4.79 Å². The fourth-order valence-corrected chi connectivity index (χ4v) is 2.22. The molecule has 0 radical (unpaired) electrons. The maximum Gasteiger partial charge on any atom is 0.326 e. The van der Waals surface area contributed by atoms with Crippen LogP contribution < -0.4 is 10.4 Å². The van der Waals surface area contributed by atoms with E-state index in [1.54, 1.807) is 16.7 Å². The zero-order valence-electron chi connectivity index (χ0n) is 8.08. The van der Waals surface area contributed by atoms with E-state index in [1.807, 2.05) is 6.92 Å². The number of rotatable bonds is 0. The van der Waals surface area contributed by atoms with Crippen molar-refractivity contribution in [3.63, 3.8) is 0 Å². The maximum atomic E-state index is 11.7. The van der Waals surface area contributed by atoms with Gasteiger partial charge in [0, 0.05) is 11.1 Å². The molecule has 0 amide bonds. The summed E-state index contributed by atoms with van der Waals surface area (Å²) in [7, 11) is 0. The third kappa shape index (κ3) is 1.11. The van der Waals surface area contributed by atoms with Crippen molar-refractivity contribution in [3.8, 4) is 5.75 Å². The number of hydrogen-bond donors (Lipinski definition) is 1. The van der Waals surface area contributed by atoms with Gasteiger partial charge in [0.25, 0.3) is 0 Å². The van der Waals surface area contributed by atoms with E-state index >= 15 is 0 Å². The Labute approximate surface area is 90.4 Å². The van der Waals surface area contributed by atoms with Crippen LogP contribution in [0.2, 0.25) is 5.02 Å². The molecule has 15 heavy (non-hydrogen) atoms. The van der Waals surface area contributed by atoms with Gasteiger partial charge in [-0.3, -0.25) is 4.57 Å². The molecule has 0 fully saturated rings. The first-order valence-corrected chi connectivity index (χ1v) is 5.11. The normalized spacial score (nSPS) is 19.2. The highest BCUT2D eigenvalue weighted by Crippen LogP contribution is 2.33. The van der Waals surface area contributed by atoms with Crippen molar-refractivity contribution in [1.82, 2.24) is 9.55 Å². The van der Waals surface area contributed by atoms with E-state index in [-0.39, 0.29) is 11.7 Å². The lowest BCUT2D eigenvalue weighted by Gasteiger charge is -2.21. The molecule has 1 aliphatic rings. The summed E-state index contributed by atoms with van der Waals surface area (Å²) in [5, 5.41) is 0.570. The van der Waals surface area contributed by atoms with Gasteiger partial charge in [-0.15, -0.1) is 0 Å². The molecular formula is C10H9ClN2O2. The molecule has 0 spiro atoms. The van der Waals surface area contributed by atoms with Gasteiger partial charge in [-0.1, -0.05) is 11.6 Å². The summed E-state index contributed by atoms with van der Waals surface area (Å²) >= 11 is 5.91. The van der Waals surface area contributed by atoms with Crippen molar-refractivity contribution >= 4 is 22.6 Å². The summed E-state index contributed by atoms with van der Waals surface area (Å²) in [6.07, 6.45) is 0. The highest BCUT2D eigenvalue weighted by Gasteiger charge is 2.22. The number of nitrogens with zero attached hydrogens (tertiary/aromatic N) is 1. The standard InChI is InChI=1S/C10H9ClN2O2/c1-5-4-15-8-3-6(11)2-7-9(8)13(5)10(14)12-7/h2-3,5H,4H2,1H3,(H,12,14)/t5-/m0/s1. The van der Waals surface area contributed by atoms with Gasteiger partial charge < -0.3 is 9.72 Å². The molecule has 0 saturated carbocycles. The van der Waals surface area contributed by atoms with Crippen molar-refractivity contribution in [2.45, 2.75) is 13.0 Å². The largest absolute Gasteiger partial charge is 0.489 e. The number of halogens is 1. The van der Waals surface area contributed by atoms with Gasteiger partial charge in [0.1, 0.15) is 17.9 Å².